The molecule has 5 nitrogen and oxygen atoms in total. The normalized spacial score (nSPS) is 17.2. The molecule has 84 valence electrons. The van der Waals surface area contributed by atoms with Gasteiger partial charge in [-0.2, -0.15) is 0 Å². The summed E-state index contributed by atoms with van der Waals surface area (Å²) in [6, 6.07) is 4.56. The van der Waals surface area contributed by atoms with E-state index in [4.69, 9.17) is 14.6 Å². The summed E-state index contributed by atoms with van der Waals surface area (Å²) in [6.45, 7) is 0. The van der Waals surface area contributed by atoms with Crippen LogP contribution < -0.4 is 9.47 Å². The molecule has 0 saturated heterocycles. The summed E-state index contributed by atoms with van der Waals surface area (Å²) in [5.41, 5.74) is 0.449. The monoisotopic (exact) mass is 286 g/mol. The van der Waals surface area contributed by atoms with Crippen molar-refractivity contribution in [2.24, 2.45) is 0 Å². The number of alkyl halides is 1. The van der Waals surface area contributed by atoms with Gasteiger partial charge in [0.25, 0.3) is 0 Å². The Hall–Kier alpha value is -1.56. The van der Waals surface area contributed by atoms with Gasteiger partial charge in [0.1, 0.15) is 0 Å². The van der Waals surface area contributed by atoms with Crippen LogP contribution >= 0.6 is 15.9 Å². The molecule has 1 N–H and O–H groups in total. The lowest BCUT2D eigenvalue weighted by atomic mass is 10.1. The van der Waals surface area contributed by atoms with Crippen molar-refractivity contribution in [2.45, 2.75) is 6.29 Å². The molecule has 0 fully saturated rings. The van der Waals surface area contributed by atoms with Gasteiger partial charge in [-0.1, -0.05) is 15.9 Å². The van der Waals surface area contributed by atoms with E-state index >= 15 is 0 Å². The number of rotatable bonds is 3. The fourth-order valence-electron chi connectivity index (χ4n) is 1.30. The van der Waals surface area contributed by atoms with Crippen molar-refractivity contribution in [3.63, 3.8) is 0 Å². The van der Waals surface area contributed by atoms with Gasteiger partial charge < -0.3 is 14.6 Å². The zero-order valence-electron chi connectivity index (χ0n) is 7.97. The highest BCUT2D eigenvalue weighted by molar-refractivity contribution is 9.09. The number of Topliss-reactive ketones (excluding diaryl/α,β-unsaturated/α-hetero) is 1. The zero-order valence-corrected chi connectivity index (χ0v) is 9.56. The number of carboxylic acid groups (broad SMARTS) is 1. The number of carbonyl (C=O) groups is 2. The molecule has 0 spiro atoms. The van der Waals surface area contributed by atoms with Crippen LogP contribution in [0.3, 0.4) is 0 Å². The standard InChI is InChI=1S/C10H7BrO5/c11-4-6(12)5-1-2-7-8(3-5)16-10(15-7)9(13)14/h1-3,10H,4H2,(H,13,14). The Kier molecular flexibility index (Phi) is 2.82. The maximum Gasteiger partial charge on any atom is 0.387 e. The highest BCUT2D eigenvalue weighted by Crippen LogP contribution is 2.35. The van der Waals surface area contributed by atoms with E-state index in [9.17, 15) is 9.59 Å². The molecule has 1 atom stereocenters. The smallest absolute Gasteiger partial charge is 0.387 e. The number of carbonyl (C=O) groups excluding carboxylic acids is 1. The van der Waals surface area contributed by atoms with Crippen molar-refractivity contribution in [1.29, 1.82) is 0 Å². The highest BCUT2D eigenvalue weighted by atomic mass is 79.9. The first-order valence-corrected chi connectivity index (χ1v) is 5.53. The van der Waals surface area contributed by atoms with Crippen LogP contribution in [0.2, 0.25) is 0 Å². The van der Waals surface area contributed by atoms with Gasteiger partial charge in [0.2, 0.25) is 0 Å². The van der Waals surface area contributed by atoms with Crippen LogP contribution in [0.5, 0.6) is 11.5 Å². The van der Waals surface area contributed by atoms with Gasteiger partial charge in [0.05, 0.1) is 5.33 Å². The van der Waals surface area contributed by atoms with Gasteiger partial charge >= 0.3 is 12.3 Å². The van der Waals surface area contributed by atoms with E-state index < -0.39 is 12.3 Å². The van der Waals surface area contributed by atoms with Gasteiger partial charge in [0.15, 0.2) is 17.3 Å². The molecule has 0 aliphatic carbocycles. The molecule has 0 bridgehead atoms. The number of ketones is 1. The van der Waals surface area contributed by atoms with Crippen molar-refractivity contribution in [2.75, 3.05) is 5.33 Å². The van der Waals surface area contributed by atoms with Gasteiger partial charge in [-0.25, -0.2) is 4.79 Å². The summed E-state index contributed by atoms with van der Waals surface area (Å²) >= 11 is 3.05. The molecule has 0 radical (unpaired) electrons. The first-order valence-electron chi connectivity index (χ1n) is 4.41. The summed E-state index contributed by atoms with van der Waals surface area (Å²) in [7, 11) is 0. The molecular weight excluding hydrogens is 280 g/mol. The Morgan fingerprint density at radius 3 is 2.62 bits per heavy atom. The predicted octanol–water partition coefficient (Wildman–Crippen LogP) is 1.45. The largest absolute Gasteiger partial charge is 0.476 e. The van der Waals surface area contributed by atoms with Crippen LogP contribution in [-0.2, 0) is 4.79 Å². The topological polar surface area (TPSA) is 72.8 Å². The van der Waals surface area contributed by atoms with E-state index in [-0.39, 0.29) is 16.9 Å². The van der Waals surface area contributed by atoms with Crippen molar-refractivity contribution >= 4 is 27.7 Å². The second-order valence-electron chi connectivity index (χ2n) is 3.12. The third-order valence-corrected chi connectivity index (χ3v) is 2.57. The third-order valence-electron chi connectivity index (χ3n) is 2.06. The van der Waals surface area contributed by atoms with Crippen LogP contribution in [0.4, 0.5) is 0 Å². The fraction of sp³-hybridized carbons (Fsp3) is 0.200. The summed E-state index contributed by atoms with van der Waals surface area (Å²) < 4.78 is 10.0. The van der Waals surface area contributed by atoms with Crippen LogP contribution in [0, 0.1) is 0 Å². The number of carboxylic acids is 1. The minimum absolute atomic E-state index is 0.106. The van der Waals surface area contributed by atoms with E-state index in [1.807, 2.05) is 0 Å². The van der Waals surface area contributed by atoms with Gasteiger partial charge in [-0.05, 0) is 18.2 Å². The summed E-state index contributed by atoms with van der Waals surface area (Å²) in [4.78, 5) is 22.0. The summed E-state index contributed by atoms with van der Waals surface area (Å²) in [5.74, 6) is -0.701. The van der Waals surface area contributed by atoms with E-state index in [0.29, 0.717) is 11.3 Å². The first kappa shape index (κ1) is 10.9. The summed E-state index contributed by atoms with van der Waals surface area (Å²) in [5, 5.41) is 8.89. The number of hydrogen-bond donors (Lipinski definition) is 1. The van der Waals surface area contributed by atoms with Crippen molar-refractivity contribution in [3.05, 3.63) is 23.8 Å². The van der Waals surface area contributed by atoms with Gasteiger partial charge in [0, 0.05) is 5.56 Å². The third kappa shape index (κ3) is 1.88. The molecule has 1 aromatic carbocycles. The quantitative estimate of drug-likeness (QED) is 0.672. The predicted molar refractivity (Wildman–Crippen MR) is 57.2 cm³/mol. The van der Waals surface area contributed by atoms with Crippen molar-refractivity contribution in [3.8, 4) is 11.5 Å². The van der Waals surface area contributed by atoms with Crippen molar-refractivity contribution in [1.82, 2.24) is 0 Å². The summed E-state index contributed by atoms with van der Waals surface area (Å²) in [6.07, 6.45) is -1.33. The van der Waals surface area contributed by atoms with E-state index in [1.165, 1.54) is 12.1 Å². The molecule has 0 saturated carbocycles. The van der Waals surface area contributed by atoms with E-state index in [0.717, 1.165) is 0 Å². The minimum Gasteiger partial charge on any atom is -0.476 e. The number of fused-ring (bicyclic) bond motifs is 1. The lowest BCUT2D eigenvalue weighted by molar-refractivity contribution is -0.154. The molecule has 6 heteroatoms. The Morgan fingerprint density at radius 1 is 1.31 bits per heavy atom. The average Bonchev–Trinajstić information content (AvgIpc) is 2.70. The SMILES string of the molecule is O=C(CBr)c1ccc2c(c1)OC(C(=O)O)O2. The molecule has 1 aliphatic heterocycles. The van der Waals surface area contributed by atoms with Crippen LogP contribution in [-0.4, -0.2) is 28.5 Å². The molecule has 0 aromatic heterocycles. The minimum atomic E-state index is -1.33. The maximum atomic E-state index is 11.4. The van der Waals surface area contributed by atoms with Gasteiger partial charge in [-0.15, -0.1) is 0 Å². The number of hydrogen-bond acceptors (Lipinski definition) is 4. The Bertz CT molecular complexity index is 457. The number of ether oxygens (including phenoxy) is 2. The Labute approximate surface area is 99.1 Å². The lowest BCUT2D eigenvalue weighted by Crippen LogP contribution is -2.28. The molecular formula is C10H7BrO5. The Balaban J connectivity index is 2.27. The Morgan fingerprint density at radius 2 is 2.00 bits per heavy atom. The van der Waals surface area contributed by atoms with E-state index in [1.54, 1.807) is 6.07 Å². The fourth-order valence-corrected chi connectivity index (χ4v) is 1.63. The first-order chi connectivity index (χ1) is 7.61. The average molecular weight is 287 g/mol. The number of halogens is 1. The van der Waals surface area contributed by atoms with Gasteiger partial charge in [-0.3, -0.25) is 4.79 Å². The molecule has 1 aliphatic rings. The molecule has 16 heavy (non-hydrogen) atoms. The lowest BCUT2D eigenvalue weighted by Gasteiger charge is -2.02. The second-order valence-corrected chi connectivity index (χ2v) is 3.68. The molecule has 0 amide bonds. The van der Waals surface area contributed by atoms with E-state index in [2.05, 4.69) is 15.9 Å². The number of benzene rings is 1. The molecule has 1 aromatic rings. The maximum absolute atomic E-state index is 11.4. The highest BCUT2D eigenvalue weighted by Gasteiger charge is 2.30. The molecule has 1 heterocycles. The zero-order chi connectivity index (χ0) is 11.7. The molecule has 2 rings (SSSR count). The van der Waals surface area contributed by atoms with Crippen molar-refractivity contribution < 1.29 is 24.2 Å². The van der Waals surface area contributed by atoms with Crippen LogP contribution in [0.1, 0.15) is 10.4 Å². The second kappa shape index (κ2) is 4.13. The van der Waals surface area contributed by atoms with Crippen LogP contribution in [0.15, 0.2) is 18.2 Å². The van der Waals surface area contributed by atoms with Crippen LogP contribution in [0.25, 0.3) is 0 Å². The molecule has 1 unspecified atom stereocenters. The number of aliphatic carboxylic acids is 1.